The van der Waals surface area contributed by atoms with Crippen molar-refractivity contribution >= 4 is 73.5 Å². The number of nitrogens with zero attached hydrogens (tertiary/aromatic N) is 1. The van der Waals surface area contributed by atoms with Crippen LogP contribution < -0.4 is 5.32 Å². The van der Waals surface area contributed by atoms with Crippen molar-refractivity contribution in [3.8, 4) is 0 Å². The molecule has 1 N–H and O–H groups in total. The number of benzene rings is 1. The minimum Gasteiger partial charge on any atom is -0.300 e. The number of nitrogens with one attached hydrogen (secondary N) is 1. The number of hydrogen-bond donors (Lipinski definition) is 1. The lowest BCUT2D eigenvalue weighted by Crippen LogP contribution is -2.19. The summed E-state index contributed by atoms with van der Waals surface area (Å²) in [6, 6.07) is 11.3. The molecule has 1 fully saturated rings. The predicted molar refractivity (Wildman–Crippen MR) is 94.3 cm³/mol. The third kappa shape index (κ3) is 3.77. The van der Waals surface area contributed by atoms with Crippen LogP contribution in [-0.4, -0.2) is 11.1 Å². The second-order valence-corrected chi connectivity index (χ2v) is 7.79. The van der Waals surface area contributed by atoms with Gasteiger partial charge in [0.1, 0.15) is 0 Å². The van der Waals surface area contributed by atoms with E-state index in [0.717, 1.165) is 15.0 Å². The van der Waals surface area contributed by atoms with Crippen molar-refractivity contribution in [2.75, 3.05) is 0 Å². The maximum atomic E-state index is 11.9. The van der Waals surface area contributed by atoms with Gasteiger partial charge in [-0.15, -0.1) is 11.3 Å². The Hall–Kier alpha value is -1.08. The number of carbonyl (C=O) groups excluding carboxylic acids is 1. The predicted octanol–water partition coefficient (Wildman–Crippen LogP) is 5.06. The zero-order chi connectivity index (χ0) is 14.8. The highest BCUT2D eigenvalue weighted by molar-refractivity contribution is 9.10. The van der Waals surface area contributed by atoms with E-state index in [9.17, 15) is 4.79 Å². The molecule has 7 heteroatoms. The molecule has 0 unspecified atom stereocenters. The molecule has 1 saturated heterocycles. The topological polar surface area (TPSA) is 41.5 Å². The van der Waals surface area contributed by atoms with Crippen LogP contribution in [0.1, 0.15) is 4.88 Å². The summed E-state index contributed by atoms with van der Waals surface area (Å²) in [7, 11) is 0. The molecule has 1 amide bonds. The van der Waals surface area contributed by atoms with E-state index >= 15 is 0 Å². The number of carbonyl (C=O) groups is 1. The normalized spacial score (nSPS) is 18.5. The first-order valence-electron chi connectivity index (χ1n) is 5.91. The van der Waals surface area contributed by atoms with Gasteiger partial charge in [0.15, 0.2) is 5.17 Å². The van der Waals surface area contributed by atoms with Gasteiger partial charge in [0.2, 0.25) is 0 Å². The monoisotopic (exact) mass is 398 g/mol. The minimum atomic E-state index is -0.139. The molecule has 2 aromatic rings. The summed E-state index contributed by atoms with van der Waals surface area (Å²) in [5.74, 6) is -0.139. The fraction of sp³-hybridized carbons (Fsp3) is 0. The van der Waals surface area contributed by atoms with Crippen molar-refractivity contribution in [3.63, 3.8) is 0 Å². The molecule has 3 nitrogen and oxygen atoms in total. The Kier molecular flexibility index (Phi) is 4.49. The summed E-state index contributed by atoms with van der Waals surface area (Å²) in [5, 5.41) is 3.34. The molecule has 0 saturated carbocycles. The number of thiophene rings is 1. The Morgan fingerprint density at radius 1 is 1.19 bits per heavy atom. The molecule has 1 aromatic heterocycles. The van der Waals surface area contributed by atoms with Crippen molar-refractivity contribution in [2.45, 2.75) is 0 Å². The molecule has 0 bridgehead atoms. The van der Waals surface area contributed by atoms with Crippen molar-refractivity contribution in [2.24, 2.45) is 4.99 Å². The average Bonchev–Trinajstić information content (AvgIpc) is 3.00. The van der Waals surface area contributed by atoms with E-state index in [1.165, 1.54) is 23.1 Å². The second kappa shape index (κ2) is 6.36. The molecular formula is C14H8BrClN2OS2. The number of amidine groups is 1. The molecule has 0 aliphatic carbocycles. The number of hydrogen-bond acceptors (Lipinski definition) is 4. The fourth-order valence-corrected chi connectivity index (χ4v) is 3.82. The van der Waals surface area contributed by atoms with Crippen LogP contribution in [0.2, 0.25) is 4.34 Å². The number of thioether (sulfide) groups is 1. The Morgan fingerprint density at radius 3 is 2.62 bits per heavy atom. The zero-order valence-corrected chi connectivity index (χ0v) is 14.4. The Labute approximate surface area is 143 Å². The minimum absolute atomic E-state index is 0.139. The van der Waals surface area contributed by atoms with Crippen LogP contribution in [0.3, 0.4) is 0 Å². The SMILES string of the molecule is O=C1NC(=Nc2ccc(Br)cc2)SC1=Cc1ccc(Cl)s1. The lowest BCUT2D eigenvalue weighted by atomic mass is 10.3. The number of aliphatic imine (C=N–C) groups is 1. The van der Waals surface area contributed by atoms with Crippen LogP contribution in [0, 0.1) is 0 Å². The third-order valence-corrected chi connectivity index (χ3v) is 5.19. The van der Waals surface area contributed by atoms with E-state index < -0.39 is 0 Å². The summed E-state index contributed by atoms with van der Waals surface area (Å²) in [6.45, 7) is 0. The van der Waals surface area contributed by atoms with Gasteiger partial charge in [-0.3, -0.25) is 4.79 Å². The van der Waals surface area contributed by atoms with Crippen LogP contribution in [0.15, 0.2) is 50.8 Å². The molecule has 1 aliphatic heterocycles. The lowest BCUT2D eigenvalue weighted by molar-refractivity contribution is -0.115. The largest absolute Gasteiger partial charge is 0.300 e. The molecule has 0 spiro atoms. The van der Waals surface area contributed by atoms with Gasteiger partial charge in [-0.25, -0.2) is 4.99 Å². The van der Waals surface area contributed by atoms with Crippen molar-refractivity contribution in [1.29, 1.82) is 0 Å². The van der Waals surface area contributed by atoms with Crippen LogP contribution in [0.5, 0.6) is 0 Å². The molecule has 3 rings (SSSR count). The van der Waals surface area contributed by atoms with E-state index in [4.69, 9.17) is 11.6 Å². The maximum Gasteiger partial charge on any atom is 0.264 e. The highest BCUT2D eigenvalue weighted by Gasteiger charge is 2.23. The van der Waals surface area contributed by atoms with Crippen LogP contribution in [0.4, 0.5) is 5.69 Å². The van der Waals surface area contributed by atoms with Gasteiger partial charge in [-0.2, -0.15) is 0 Å². The third-order valence-electron chi connectivity index (χ3n) is 2.58. The maximum absolute atomic E-state index is 11.9. The summed E-state index contributed by atoms with van der Waals surface area (Å²) in [4.78, 5) is 17.9. The van der Waals surface area contributed by atoms with Gasteiger partial charge in [0, 0.05) is 9.35 Å². The Balaban J connectivity index is 1.81. The Bertz CT molecular complexity index is 753. The number of halogens is 2. The summed E-state index contributed by atoms with van der Waals surface area (Å²) >= 11 is 12.0. The molecule has 1 aromatic carbocycles. The van der Waals surface area contributed by atoms with Crippen molar-refractivity contribution in [3.05, 3.63) is 55.0 Å². The first kappa shape index (κ1) is 14.8. The first-order valence-corrected chi connectivity index (χ1v) is 8.71. The fourth-order valence-electron chi connectivity index (χ4n) is 1.65. The molecule has 0 atom stereocenters. The van der Waals surface area contributed by atoms with Gasteiger partial charge in [0.05, 0.1) is 14.9 Å². The summed E-state index contributed by atoms with van der Waals surface area (Å²) in [5.41, 5.74) is 0.793. The molecule has 21 heavy (non-hydrogen) atoms. The number of rotatable bonds is 2. The smallest absolute Gasteiger partial charge is 0.264 e. The van der Waals surface area contributed by atoms with Gasteiger partial charge in [-0.1, -0.05) is 27.5 Å². The Morgan fingerprint density at radius 2 is 1.95 bits per heavy atom. The van der Waals surface area contributed by atoms with Crippen LogP contribution >= 0.6 is 50.6 Å². The number of amides is 1. The standard InChI is InChI=1S/C14H8BrClN2OS2/c15-8-1-3-9(4-2-8)17-14-18-13(19)11(21-14)7-10-5-6-12(16)20-10/h1-7H,(H,17,18,19). The van der Waals surface area contributed by atoms with E-state index in [-0.39, 0.29) is 5.91 Å². The highest BCUT2D eigenvalue weighted by Crippen LogP contribution is 2.31. The van der Waals surface area contributed by atoms with E-state index in [1.807, 2.05) is 42.5 Å². The van der Waals surface area contributed by atoms with Gasteiger partial charge in [0.25, 0.3) is 5.91 Å². The van der Waals surface area contributed by atoms with E-state index in [1.54, 1.807) is 0 Å². The lowest BCUT2D eigenvalue weighted by Gasteiger charge is -1.96. The molecular weight excluding hydrogens is 392 g/mol. The highest BCUT2D eigenvalue weighted by atomic mass is 79.9. The molecule has 2 heterocycles. The van der Waals surface area contributed by atoms with Crippen LogP contribution in [-0.2, 0) is 4.79 Å². The molecule has 0 radical (unpaired) electrons. The molecule has 1 aliphatic rings. The zero-order valence-electron chi connectivity index (χ0n) is 10.5. The van der Waals surface area contributed by atoms with Crippen molar-refractivity contribution < 1.29 is 4.79 Å². The quantitative estimate of drug-likeness (QED) is 0.717. The average molecular weight is 400 g/mol. The van der Waals surface area contributed by atoms with Gasteiger partial charge < -0.3 is 5.32 Å². The summed E-state index contributed by atoms with van der Waals surface area (Å²) < 4.78 is 1.69. The van der Waals surface area contributed by atoms with E-state index in [2.05, 4.69) is 26.2 Å². The van der Waals surface area contributed by atoms with Gasteiger partial charge in [-0.05, 0) is 54.2 Å². The molecule has 106 valence electrons. The van der Waals surface area contributed by atoms with Crippen molar-refractivity contribution in [1.82, 2.24) is 5.32 Å². The van der Waals surface area contributed by atoms with E-state index in [0.29, 0.717) is 14.4 Å². The van der Waals surface area contributed by atoms with Gasteiger partial charge >= 0.3 is 0 Å². The first-order chi connectivity index (χ1) is 10.1. The summed E-state index contributed by atoms with van der Waals surface area (Å²) in [6.07, 6.45) is 1.82. The van der Waals surface area contributed by atoms with Crippen LogP contribution in [0.25, 0.3) is 6.08 Å². The second-order valence-electron chi connectivity index (χ2n) is 4.10.